The number of nitrogens with zero attached hydrogens (tertiary/aromatic N) is 3. The van der Waals surface area contributed by atoms with Gasteiger partial charge < -0.3 is 21.7 Å². The molecule has 1 rings (SSSR count). The predicted octanol–water partition coefficient (Wildman–Crippen LogP) is -0.444. The van der Waals surface area contributed by atoms with Gasteiger partial charge in [-0.3, -0.25) is 9.59 Å². The molecule has 1 aromatic heterocycles. The van der Waals surface area contributed by atoms with Crippen molar-refractivity contribution in [3.63, 3.8) is 0 Å². The van der Waals surface area contributed by atoms with Gasteiger partial charge in [0.2, 0.25) is 11.8 Å². The molecule has 0 unspecified atom stereocenters. The number of primary amides is 2. The monoisotopic (exact) mass is 294 g/mol. The van der Waals surface area contributed by atoms with E-state index >= 15 is 0 Å². The Hall–Kier alpha value is -2.38. The minimum Gasteiger partial charge on any atom is -0.373 e. The predicted molar refractivity (Wildman–Crippen MR) is 80.9 cm³/mol. The van der Waals surface area contributed by atoms with E-state index in [-0.39, 0.29) is 13.1 Å². The highest BCUT2D eigenvalue weighted by atomic mass is 16.2. The van der Waals surface area contributed by atoms with Crippen LogP contribution in [-0.4, -0.2) is 41.9 Å². The largest absolute Gasteiger partial charge is 0.373 e. The van der Waals surface area contributed by atoms with Gasteiger partial charge >= 0.3 is 0 Å². The highest BCUT2D eigenvalue weighted by molar-refractivity contribution is 5.85. The molecule has 8 nitrogen and oxygen atoms in total. The lowest BCUT2D eigenvalue weighted by Gasteiger charge is -2.24. The average molecular weight is 294 g/mol. The fraction of sp³-hybridized carbons (Fsp3) is 0.538. The number of aryl methyl sites for hydroxylation is 1. The van der Waals surface area contributed by atoms with Crippen molar-refractivity contribution in [1.82, 2.24) is 9.97 Å². The first-order valence-electron chi connectivity index (χ1n) is 6.75. The highest BCUT2D eigenvalue weighted by Crippen LogP contribution is 2.23. The number of hydrogen-bond donors (Lipinski definition) is 3. The minimum absolute atomic E-state index is 0.129. The lowest BCUT2D eigenvalue weighted by molar-refractivity contribution is -0.117. The fourth-order valence-electron chi connectivity index (χ4n) is 2.02. The fourth-order valence-corrected chi connectivity index (χ4v) is 2.02. The molecular formula is C13H22N6O2. The Kier molecular flexibility index (Phi) is 5.89. The topological polar surface area (TPSA) is 127 Å². The van der Waals surface area contributed by atoms with Gasteiger partial charge in [0.15, 0.2) is 0 Å². The molecule has 1 aromatic rings. The van der Waals surface area contributed by atoms with E-state index in [1.807, 2.05) is 13.8 Å². The second kappa shape index (κ2) is 7.41. The second-order valence-corrected chi connectivity index (χ2v) is 4.73. The number of rotatable bonds is 8. The molecule has 0 aliphatic rings. The van der Waals surface area contributed by atoms with Crippen LogP contribution in [0, 0.1) is 6.92 Å². The Balaban J connectivity index is 3.29. The van der Waals surface area contributed by atoms with Crippen LogP contribution >= 0.6 is 0 Å². The zero-order valence-corrected chi connectivity index (χ0v) is 12.6. The van der Waals surface area contributed by atoms with Gasteiger partial charge in [0.05, 0.1) is 13.1 Å². The van der Waals surface area contributed by atoms with Crippen LogP contribution in [0.15, 0.2) is 0 Å². The summed E-state index contributed by atoms with van der Waals surface area (Å²) in [5.74, 6) is 0.675. The van der Waals surface area contributed by atoms with E-state index in [1.165, 1.54) is 4.90 Å². The maximum atomic E-state index is 11.2. The smallest absolute Gasteiger partial charge is 0.237 e. The Bertz CT molecular complexity index is 516. The van der Waals surface area contributed by atoms with Crippen molar-refractivity contribution in [2.24, 2.45) is 11.5 Å². The second-order valence-electron chi connectivity index (χ2n) is 4.73. The molecule has 116 valence electrons. The first-order valence-corrected chi connectivity index (χ1v) is 6.75. The molecule has 0 radical (unpaired) electrons. The van der Waals surface area contributed by atoms with Crippen LogP contribution in [0.4, 0.5) is 11.6 Å². The van der Waals surface area contributed by atoms with E-state index < -0.39 is 11.8 Å². The maximum absolute atomic E-state index is 11.2. The Morgan fingerprint density at radius 1 is 1.19 bits per heavy atom. The van der Waals surface area contributed by atoms with Crippen molar-refractivity contribution < 1.29 is 9.59 Å². The van der Waals surface area contributed by atoms with Crippen LogP contribution in [0.2, 0.25) is 0 Å². The summed E-state index contributed by atoms with van der Waals surface area (Å²) in [6.45, 7) is 3.57. The van der Waals surface area contributed by atoms with Gasteiger partial charge in [-0.05, 0) is 13.3 Å². The third-order valence-electron chi connectivity index (χ3n) is 2.87. The molecule has 21 heavy (non-hydrogen) atoms. The van der Waals surface area contributed by atoms with Gasteiger partial charge in [-0.1, -0.05) is 6.92 Å². The number of anilines is 2. The molecule has 0 spiro atoms. The molecule has 0 saturated heterocycles. The summed E-state index contributed by atoms with van der Waals surface area (Å²) in [7, 11) is 1.75. The molecule has 0 atom stereocenters. The van der Waals surface area contributed by atoms with E-state index in [2.05, 4.69) is 15.3 Å². The number of carbonyl (C=O) groups is 2. The number of hydrogen-bond acceptors (Lipinski definition) is 6. The van der Waals surface area contributed by atoms with Crippen LogP contribution in [0.3, 0.4) is 0 Å². The summed E-state index contributed by atoms with van der Waals surface area (Å²) in [5.41, 5.74) is 11.2. The van der Waals surface area contributed by atoms with Crippen molar-refractivity contribution in [1.29, 1.82) is 0 Å². The molecule has 2 amide bonds. The number of amides is 2. The third-order valence-corrected chi connectivity index (χ3v) is 2.87. The van der Waals surface area contributed by atoms with Crippen molar-refractivity contribution in [3.8, 4) is 0 Å². The van der Waals surface area contributed by atoms with Gasteiger partial charge in [0.1, 0.15) is 17.5 Å². The molecule has 0 aromatic carbocycles. The van der Waals surface area contributed by atoms with Crippen molar-refractivity contribution >= 4 is 23.5 Å². The van der Waals surface area contributed by atoms with Gasteiger partial charge in [0.25, 0.3) is 0 Å². The molecule has 1 heterocycles. The summed E-state index contributed by atoms with van der Waals surface area (Å²) >= 11 is 0. The highest BCUT2D eigenvalue weighted by Gasteiger charge is 2.19. The maximum Gasteiger partial charge on any atom is 0.237 e. The third kappa shape index (κ3) is 4.59. The van der Waals surface area contributed by atoms with E-state index in [0.29, 0.717) is 23.9 Å². The average Bonchev–Trinajstić information content (AvgIpc) is 2.39. The number of carbonyl (C=O) groups excluding carboxylic acids is 2. The molecule has 5 N–H and O–H groups in total. The zero-order valence-electron chi connectivity index (χ0n) is 12.6. The van der Waals surface area contributed by atoms with Gasteiger partial charge in [-0.2, -0.15) is 0 Å². The van der Waals surface area contributed by atoms with Crippen molar-refractivity contribution in [2.75, 3.05) is 30.4 Å². The molecule has 0 bridgehead atoms. The number of nitrogens with one attached hydrogen (secondary N) is 1. The molecule has 0 fully saturated rings. The molecular weight excluding hydrogens is 272 g/mol. The van der Waals surface area contributed by atoms with Gasteiger partial charge in [-0.15, -0.1) is 0 Å². The molecule has 0 saturated carbocycles. The minimum atomic E-state index is -0.558. The summed E-state index contributed by atoms with van der Waals surface area (Å²) in [6, 6.07) is 0. The normalized spacial score (nSPS) is 10.2. The Labute approximate surface area is 123 Å². The van der Waals surface area contributed by atoms with Crippen LogP contribution in [0.5, 0.6) is 0 Å². The summed E-state index contributed by atoms with van der Waals surface area (Å²) in [6.07, 6.45) is 1.58. The molecule has 8 heteroatoms. The van der Waals surface area contributed by atoms with Crippen LogP contribution < -0.4 is 21.7 Å². The van der Waals surface area contributed by atoms with Crippen molar-refractivity contribution in [2.45, 2.75) is 26.7 Å². The van der Waals surface area contributed by atoms with Crippen LogP contribution in [0.1, 0.15) is 24.7 Å². The van der Waals surface area contributed by atoms with Crippen LogP contribution in [-0.2, 0) is 16.0 Å². The quantitative estimate of drug-likeness (QED) is 0.596. The van der Waals surface area contributed by atoms with Crippen molar-refractivity contribution in [3.05, 3.63) is 11.4 Å². The number of aromatic nitrogens is 2. The van der Waals surface area contributed by atoms with Gasteiger partial charge in [-0.25, -0.2) is 9.97 Å². The summed E-state index contributed by atoms with van der Waals surface area (Å²) in [4.78, 5) is 32.7. The summed E-state index contributed by atoms with van der Waals surface area (Å²) in [5, 5.41) is 2.99. The lowest BCUT2D eigenvalue weighted by atomic mass is 10.2. The Morgan fingerprint density at radius 2 is 1.76 bits per heavy atom. The van der Waals surface area contributed by atoms with E-state index in [4.69, 9.17) is 11.5 Å². The van der Waals surface area contributed by atoms with E-state index in [9.17, 15) is 9.59 Å². The Morgan fingerprint density at radius 3 is 2.19 bits per heavy atom. The first kappa shape index (κ1) is 16.7. The standard InChI is InChI=1S/C13H22N6O2/c1-4-5-11-17-12(16-3)8(2)13(18-11)19(6-9(14)20)7-10(15)21/h4-7H2,1-3H3,(H2,14,20)(H2,15,21)(H,16,17,18). The lowest BCUT2D eigenvalue weighted by Crippen LogP contribution is -2.40. The van der Waals surface area contributed by atoms with Gasteiger partial charge in [0, 0.05) is 19.0 Å². The first-order chi connectivity index (χ1) is 9.88. The SMILES string of the molecule is CCCc1nc(NC)c(C)c(N(CC(N)=O)CC(N)=O)n1. The van der Waals surface area contributed by atoms with E-state index in [0.717, 1.165) is 12.0 Å². The number of nitrogens with two attached hydrogens (primary N) is 2. The molecule has 0 aliphatic heterocycles. The zero-order chi connectivity index (χ0) is 16.0. The van der Waals surface area contributed by atoms with E-state index in [1.54, 1.807) is 7.05 Å². The van der Waals surface area contributed by atoms with Crippen LogP contribution in [0.25, 0.3) is 0 Å². The summed E-state index contributed by atoms with van der Waals surface area (Å²) < 4.78 is 0. The molecule has 0 aliphatic carbocycles.